The summed E-state index contributed by atoms with van der Waals surface area (Å²) >= 11 is 0. The number of benzene rings is 1. The molecular weight excluding hydrogens is 386 g/mol. The molecule has 1 aliphatic heterocycles. The second-order valence-electron chi connectivity index (χ2n) is 8.67. The van der Waals surface area contributed by atoms with Gasteiger partial charge < -0.3 is 10.0 Å². The summed E-state index contributed by atoms with van der Waals surface area (Å²) in [5.74, 6) is 1.63. The SMILES string of the molecule is Cc1ccc(C(C)(O)C(F)F)cc1-c1cnc2c(C)nc(N3CCC(C)CC3)cn12. The fraction of sp³-hybridized carbons (Fsp3) is 0.478. The van der Waals surface area contributed by atoms with Crippen LogP contribution in [0.5, 0.6) is 0 Å². The first-order chi connectivity index (χ1) is 14.2. The van der Waals surface area contributed by atoms with Crippen LogP contribution in [0, 0.1) is 19.8 Å². The van der Waals surface area contributed by atoms with Gasteiger partial charge in [-0.1, -0.05) is 19.1 Å². The Bertz CT molecular complexity index is 1070. The van der Waals surface area contributed by atoms with Gasteiger partial charge >= 0.3 is 0 Å². The fourth-order valence-corrected chi connectivity index (χ4v) is 4.05. The van der Waals surface area contributed by atoms with E-state index in [2.05, 4.69) is 16.8 Å². The van der Waals surface area contributed by atoms with Gasteiger partial charge in [-0.2, -0.15) is 0 Å². The number of hydrogen-bond acceptors (Lipinski definition) is 4. The summed E-state index contributed by atoms with van der Waals surface area (Å²) in [5, 5.41) is 10.3. The lowest BCUT2D eigenvalue weighted by Crippen LogP contribution is -2.33. The first kappa shape index (κ1) is 20.7. The van der Waals surface area contributed by atoms with Crippen molar-refractivity contribution >= 4 is 11.5 Å². The molecule has 160 valence electrons. The van der Waals surface area contributed by atoms with Crippen molar-refractivity contribution in [2.75, 3.05) is 18.0 Å². The van der Waals surface area contributed by atoms with E-state index in [9.17, 15) is 13.9 Å². The molecule has 1 atom stereocenters. The molecule has 2 aromatic heterocycles. The number of aliphatic hydroxyl groups is 1. The van der Waals surface area contributed by atoms with Crippen LogP contribution >= 0.6 is 0 Å². The van der Waals surface area contributed by atoms with E-state index in [-0.39, 0.29) is 5.56 Å². The summed E-state index contributed by atoms with van der Waals surface area (Å²) in [4.78, 5) is 11.6. The average Bonchev–Trinajstić information content (AvgIpc) is 3.13. The van der Waals surface area contributed by atoms with Crippen molar-refractivity contribution in [1.82, 2.24) is 14.4 Å². The van der Waals surface area contributed by atoms with Crippen molar-refractivity contribution in [2.45, 2.75) is 52.6 Å². The summed E-state index contributed by atoms with van der Waals surface area (Å²) in [7, 11) is 0. The van der Waals surface area contributed by atoms with E-state index in [0.717, 1.165) is 72.8 Å². The van der Waals surface area contributed by atoms with Gasteiger partial charge in [0, 0.05) is 18.7 Å². The third-order valence-corrected chi connectivity index (χ3v) is 6.28. The number of imidazole rings is 1. The molecule has 1 N–H and O–H groups in total. The number of rotatable bonds is 4. The molecule has 0 spiro atoms. The number of aromatic nitrogens is 3. The highest BCUT2D eigenvalue weighted by atomic mass is 19.3. The Morgan fingerprint density at radius 3 is 2.57 bits per heavy atom. The average molecular weight is 415 g/mol. The maximum Gasteiger partial charge on any atom is 0.270 e. The molecular formula is C23H28F2N4O. The Kier molecular flexibility index (Phi) is 5.26. The summed E-state index contributed by atoms with van der Waals surface area (Å²) in [6.07, 6.45) is 3.13. The molecule has 0 bridgehead atoms. The van der Waals surface area contributed by atoms with Gasteiger partial charge in [-0.15, -0.1) is 0 Å². The van der Waals surface area contributed by atoms with Gasteiger partial charge in [0.15, 0.2) is 5.65 Å². The van der Waals surface area contributed by atoms with Gasteiger partial charge in [0.2, 0.25) is 0 Å². The molecule has 7 heteroatoms. The zero-order valence-corrected chi connectivity index (χ0v) is 17.9. The van der Waals surface area contributed by atoms with Crippen LogP contribution < -0.4 is 4.90 Å². The van der Waals surface area contributed by atoms with Crippen molar-refractivity contribution in [3.8, 4) is 11.3 Å². The molecule has 1 saturated heterocycles. The lowest BCUT2D eigenvalue weighted by Gasteiger charge is -2.31. The quantitative estimate of drug-likeness (QED) is 0.671. The van der Waals surface area contributed by atoms with E-state index in [0.29, 0.717) is 0 Å². The molecule has 5 nitrogen and oxygen atoms in total. The summed E-state index contributed by atoms with van der Waals surface area (Å²) in [5.41, 5.74) is 2.03. The number of piperidine rings is 1. The Labute approximate surface area is 175 Å². The van der Waals surface area contributed by atoms with Crippen molar-refractivity contribution in [3.63, 3.8) is 0 Å². The number of halogens is 2. The lowest BCUT2D eigenvalue weighted by molar-refractivity contribution is -0.0883. The van der Waals surface area contributed by atoms with Gasteiger partial charge in [-0.25, -0.2) is 18.7 Å². The molecule has 0 radical (unpaired) electrons. The van der Waals surface area contributed by atoms with Gasteiger partial charge in [-0.05, 0) is 56.7 Å². The lowest BCUT2D eigenvalue weighted by atomic mass is 9.92. The molecule has 0 amide bonds. The summed E-state index contributed by atoms with van der Waals surface area (Å²) in [6, 6.07) is 4.96. The van der Waals surface area contributed by atoms with Gasteiger partial charge in [0.1, 0.15) is 11.4 Å². The maximum atomic E-state index is 13.4. The van der Waals surface area contributed by atoms with Crippen LogP contribution in [0.25, 0.3) is 16.9 Å². The number of fused-ring (bicyclic) bond motifs is 1. The summed E-state index contributed by atoms with van der Waals surface area (Å²) < 4.78 is 28.8. The highest BCUT2D eigenvalue weighted by molar-refractivity contribution is 5.69. The summed E-state index contributed by atoms with van der Waals surface area (Å²) in [6.45, 7) is 9.22. The molecule has 0 aliphatic carbocycles. The molecule has 1 aromatic carbocycles. The van der Waals surface area contributed by atoms with Crippen LogP contribution in [0.4, 0.5) is 14.6 Å². The van der Waals surface area contributed by atoms with Crippen LogP contribution in [0.15, 0.2) is 30.6 Å². The maximum absolute atomic E-state index is 13.4. The number of alkyl halides is 2. The van der Waals surface area contributed by atoms with Crippen LogP contribution in [-0.4, -0.2) is 39.0 Å². The van der Waals surface area contributed by atoms with E-state index in [4.69, 9.17) is 4.98 Å². The van der Waals surface area contributed by atoms with Crippen LogP contribution in [0.1, 0.15) is 43.5 Å². The van der Waals surface area contributed by atoms with Crippen LogP contribution in [-0.2, 0) is 5.60 Å². The minimum atomic E-state index is -2.88. The normalized spacial score (nSPS) is 17.7. The third kappa shape index (κ3) is 3.55. The Balaban J connectivity index is 1.82. The van der Waals surface area contributed by atoms with Crippen molar-refractivity contribution in [1.29, 1.82) is 0 Å². The molecule has 3 aromatic rings. The molecule has 0 saturated carbocycles. The number of hydrogen-bond donors (Lipinski definition) is 1. The van der Waals surface area contributed by atoms with E-state index in [1.165, 1.54) is 0 Å². The minimum Gasteiger partial charge on any atom is -0.379 e. The Morgan fingerprint density at radius 1 is 1.20 bits per heavy atom. The van der Waals surface area contributed by atoms with E-state index in [1.807, 2.05) is 24.4 Å². The zero-order chi connectivity index (χ0) is 21.6. The highest BCUT2D eigenvalue weighted by Gasteiger charge is 2.34. The van der Waals surface area contributed by atoms with E-state index >= 15 is 0 Å². The minimum absolute atomic E-state index is 0.184. The topological polar surface area (TPSA) is 53.7 Å². The van der Waals surface area contributed by atoms with Crippen molar-refractivity contribution in [3.05, 3.63) is 47.4 Å². The van der Waals surface area contributed by atoms with Crippen molar-refractivity contribution < 1.29 is 13.9 Å². The standard InChI is InChI=1S/C23H28F2N4O/c1-14-7-9-28(10-8-14)20-13-29-19(12-26-21(29)16(3)27-20)18-11-17(6-5-15(18)2)23(4,30)22(24)25/h5-6,11-14,22,30H,7-10H2,1-4H3. The fourth-order valence-electron chi connectivity index (χ4n) is 4.05. The molecule has 1 aliphatic rings. The number of nitrogens with zero attached hydrogens (tertiary/aromatic N) is 4. The molecule has 3 heterocycles. The predicted molar refractivity (Wildman–Crippen MR) is 114 cm³/mol. The number of anilines is 1. The predicted octanol–water partition coefficient (Wildman–Crippen LogP) is 4.72. The van der Waals surface area contributed by atoms with Gasteiger partial charge in [0.05, 0.1) is 23.8 Å². The molecule has 1 fully saturated rings. The monoisotopic (exact) mass is 414 g/mol. The highest BCUT2D eigenvalue weighted by Crippen LogP contribution is 2.34. The largest absolute Gasteiger partial charge is 0.379 e. The Hall–Kier alpha value is -2.54. The molecule has 30 heavy (non-hydrogen) atoms. The second kappa shape index (κ2) is 7.61. The molecule has 4 rings (SSSR count). The van der Waals surface area contributed by atoms with Crippen LogP contribution in [0.3, 0.4) is 0 Å². The first-order valence-electron chi connectivity index (χ1n) is 10.4. The zero-order valence-electron chi connectivity index (χ0n) is 17.9. The van der Waals surface area contributed by atoms with Gasteiger partial charge in [-0.3, -0.25) is 4.40 Å². The van der Waals surface area contributed by atoms with Crippen molar-refractivity contribution in [2.24, 2.45) is 5.92 Å². The smallest absolute Gasteiger partial charge is 0.270 e. The van der Waals surface area contributed by atoms with E-state index in [1.54, 1.807) is 24.4 Å². The third-order valence-electron chi connectivity index (χ3n) is 6.28. The first-order valence-corrected chi connectivity index (χ1v) is 10.4. The van der Waals surface area contributed by atoms with Crippen LogP contribution in [0.2, 0.25) is 0 Å². The van der Waals surface area contributed by atoms with E-state index < -0.39 is 12.0 Å². The van der Waals surface area contributed by atoms with Gasteiger partial charge in [0.25, 0.3) is 6.43 Å². The number of aryl methyl sites for hydroxylation is 2. The Morgan fingerprint density at radius 2 is 1.90 bits per heavy atom. The molecule has 1 unspecified atom stereocenters. The second-order valence-corrected chi connectivity index (χ2v) is 8.67.